The molecule has 20 heavy (non-hydrogen) atoms. The lowest BCUT2D eigenvalue weighted by Crippen LogP contribution is -2.45. The second kappa shape index (κ2) is 8.09. The van der Waals surface area contributed by atoms with E-state index >= 15 is 0 Å². The Morgan fingerprint density at radius 2 is 1.95 bits per heavy atom. The van der Waals surface area contributed by atoms with Gasteiger partial charge in [0.15, 0.2) is 0 Å². The first-order valence-electron chi connectivity index (χ1n) is 7.19. The number of likely N-dealkylation sites (N-methyl/N-ethyl adjacent to an activating group) is 1. The molecule has 0 aromatic carbocycles. The highest BCUT2D eigenvalue weighted by Gasteiger charge is 2.34. The third kappa shape index (κ3) is 5.36. The number of carbonyl (C=O) groups excluding carboxylic acids is 1. The number of nitrogens with zero attached hydrogens (tertiary/aromatic N) is 1. The molecule has 0 unspecified atom stereocenters. The van der Waals surface area contributed by atoms with Crippen LogP contribution in [0.15, 0.2) is 0 Å². The van der Waals surface area contributed by atoms with Gasteiger partial charge in [-0.25, -0.2) is 4.79 Å². The van der Waals surface area contributed by atoms with Gasteiger partial charge in [-0.1, -0.05) is 19.3 Å². The number of hydrogen-bond acceptors (Lipinski definition) is 3. The van der Waals surface area contributed by atoms with Gasteiger partial charge in [0, 0.05) is 27.2 Å². The largest absolute Gasteiger partial charge is 0.481 e. The average Bonchev–Trinajstić information content (AvgIpc) is 2.42. The highest BCUT2D eigenvalue weighted by Crippen LogP contribution is 2.38. The van der Waals surface area contributed by atoms with Crippen LogP contribution in [0.5, 0.6) is 0 Å². The molecule has 1 rings (SSSR count). The molecule has 1 aliphatic rings. The molecule has 0 saturated heterocycles. The maximum atomic E-state index is 11.9. The highest BCUT2D eigenvalue weighted by molar-refractivity contribution is 5.74. The van der Waals surface area contributed by atoms with E-state index < -0.39 is 5.97 Å². The smallest absolute Gasteiger partial charge is 0.317 e. The zero-order valence-electron chi connectivity index (χ0n) is 12.5. The molecule has 0 atom stereocenters. The normalized spacial score (nSPS) is 17.5. The van der Waals surface area contributed by atoms with Crippen LogP contribution in [0.4, 0.5) is 4.79 Å². The summed E-state index contributed by atoms with van der Waals surface area (Å²) in [5.74, 6) is -0.783. The predicted octanol–water partition coefficient (Wildman–Crippen LogP) is 1.70. The summed E-state index contributed by atoms with van der Waals surface area (Å²) in [7, 11) is 3.30. The monoisotopic (exact) mass is 286 g/mol. The molecule has 0 spiro atoms. The summed E-state index contributed by atoms with van der Waals surface area (Å²) in [6, 6.07) is -0.169. The minimum atomic E-state index is -0.783. The van der Waals surface area contributed by atoms with E-state index in [0.717, 1.165) is 32.1 Å². The molecule has 0 aromatic heterocycles. The van der Waals surface area contributed by atoms with Gasteiger partial charge in [0.05, 0.1) is 13.0 Å². The number of hydrogen-bond donors (Lipinski definition) is 2. The number of carbonyl (C=O) groups is 2. The Balaban J connectivity index is 2.49. The number of carboxylic acids is 1. The summed E-state index contributed by atoms with van der Waals surface area (Å²) in [5.41, 5.74) is -0.276. The van der Waals surface area contributed by atoms with Gasteiger partial charge in [-0.15, -0.1) is 0 Å². The Labute approximate surface area is 120 Å². The SMILES string of the molecule is COCCN(C)C(=O)NCC1(CC(=O)O)CCCCC1. The van der Waals surface area contributed by atoms with Crippen LogP contribution in [0.25, 0.3) is 0 Å². The van der Waals surface area contributed by atoms with Crippen molar-refractivity contribution in [3.63, 3.8) is 0 Å². The van der Waals surface area contributed by atoms with Gasteiger partial charge in [-0.05, 0) is 18.3 Å². The van der Waals surface area contributed by atoms with E-state index in [-0.39, 0.29) is 17.9 Å². The summed E-state index contributed by atoms with van der Waals surface area (Å²) in [6.07, 6.45) is 5.13. The summed E-state index contributed by atoms with van der Waals surface area (Å²) in [4.78, 5) is 24.5. The zero-order chi connectivity index (χ0) is 15.0. The Kier molecular flexibility index (Phi) is 6.78. The van der Waals surface area contributed by atoms with Gasteiger partial charge in [-0.3, -0.25) is 4.79 Å². The first kappa shape index (κ1) is 16.8. The standard InChI is InChI=1S/C14H26N2O4/c1-16(8-9-20-2)13(19)15-11-14(10-12(17)18)6-4-3-5-7-14/h3-11H2,1-2H3,(H,15,19)(H,17,18). The van der Waals surface area contributed by atoms with Crippen molar-refractivity contribution in [2.24, 2.45) is 5.41 Å². The highest BCUT2D eigenvalue weighted by atomic mass is 16.5. The molecule has 1 saturated carbocycles. The van der Waals surface area contributed by atoms with E-state index in [2.05, 4.69) is 5.32 Å². The first-order valence-corrected chi connectivity index (χ1v) is 7.19. The molecule has 6 nitrogen and oxygen atoms in total. The summed E-state index contributed by atoms with van der Waals surface area (Å²) in [5, 5.41) is 12.0. The van der Waals surface area contributed by atoms with Gasteiger partial charge in [0.2, 0.25) is 0 Å². The van der Waals surface area contributed by atoms with Crippen molar-refractivity contribution in [3.05, 3.63) is 0 Å². The lowest BCUT2D eigenvalue weighted by Gasteiger charge is -2.36. The van der Waals surface area contributed by atoms with Gasteiger partial charge >= 0.3 is 12.0 Å². The van der Waals surface area contributed by atoms with E-state index in [4.69, 9.17) is 9.84 Å². The van der Waals surface area contributed by atoms with Gasteiger partial charge in [-0.2, -0.15) is 0 Å². The molecule has 116 valence electrons. The Morgan fingerprint density at radius 1 is 1.30 bits per heavy atom. The summed E-state index contributed by atoms with van der Waals surface area (Å²) in [6.45, 7) is 1.45. The van der Waals surface area contributed by atoms with Crippen LogP contribution in [-0.4, -0.2) is 55.9 Å². The average molecular weight is 286 g/mol. The number of nitrogens with one attached hydrogen (secondary N) is 1. The van der Waals surface area contributed by atoms with Gasteiger partial charge < -0.3 is 20.1 Å². The molecule has 6 heteroatoms. The summed E-state index contributed by atoms with van der Waals surface area (Å²) < 4.78 is 4.93. The van der Waals surface area contributed by atoms with E-state index in [1.807, 2.05) is 0 Å². The molecule has 2 amide bonds. The van der Waals surface area contributed by atoms with Crippen molar-refractivity contribution < 1.29 is 19.4 Å². The van der Waals surface area contributed by atoms with E-state index in [9.17, 15) is 9.59 Å². The van der Waals surface area contributed by atoms with E-state index in [1.165, 1.54) is 0 Å². The van der Waals surface area contributed by atoms with Crippen molar-refractivity contribution >= 4 is 12.0 Å². The van der Waals surface area contributed by atoms with Crippen molar-refractivity contribution in [2.75, 3.05) is 33.9 Å². The van der Waals surface area contributed by atoms with Crippen LogP contribution in [-0.2, 0) is 9.53 Å². The molecule has 0 aromatic rings. The molecular weight excluding hydrogens is 260 g/mol. The van der Waals surface area contributed by atoms with Crippen LogP contribution in [0.1, 0.15) is 38.5 Å². The number of aliphatic carboxylic acids is 1. The van der Waals surface area contributed by atoms with Crippen molar-refractivity contribution in [1.29, 1.82) is 0 Å². The zero-order valence-corrected chi connectivity index (χ0v) is 12.5. The quantitative estimate of drug-likeness (QED) is 0.746. The fourth-order valence-electron chi connectivity index (χ4n) is 2.77. The second-order valence-corrected chi connectivity index (χ2v) is 5.70. The molecule has 0 radical (unpaired) electrons. The predicted molar refractivity (Wildman–Crippen MR) is 75.7 cm³/mol. The lowest BCUT2D eigenvalue weighted by molar-refractivity contribution is -0.140. The molecule has 0 aliphatic heterocycles. The third-order valence-electron chi connectivity index (χ3n) is 4.03. The van der Waals surface area contributed by atoms with E-state index in [1.54, 1.807) is 19.1 Å². The fraction of sp³-hybridized carbons (Fsp3) is 0.857. The first-order chi connectivity index (χ1) is 9.49. The minimum absolute atomic E-state index is 0.134. The van der Waals surface area contributed by atoms with Gasteiger partial charge in [0.25, 0.3) is 0 Å². The lowest BCUT2D eigenvalue weighted by atomic mass is 9.72. The van der Waals surface area contributed by atoms with Crippen LogP contribution in [0, 0.1) is 5.41 Å². The molecular formula is C14H26N2O4. The van der Waals surface area contributed by atoms with Gasteiger partial charge in [0.1, 0.15) is 0 Å². The number of ether oxygens (including phenoxy) is 1. The minimum Gasteiger partial charge on any atom is -0.481 e. The second-order valence-electron chi connectivity index (χ2n) is 5.70. The molecule has 0 heterocycles. The van der Waals surface area contributed by atoms with Crippen molar-refractivity contribution in [1.82, 2.24) is 10.2 Å². The van der Waals surface area contributed by atoms with Crippen LogP contribution in [0.3, 0.4) is 0 Å². The third-order valence-corrected chi connectivity index (χ3v) is 4.03. The van der Waals surface area contributed by atoms with Crippen molar-refractivity contribution in [2.45, 2.75) is 38.5 Å². The Bertz CT molecular complexity index is 327. The Hall–Kier alpha value is -1.30. The number of urea groups is 1. The molecule has 2 N–H and O–H groups in total. The number of amides is 2. The topological polar surface area (TPSA) is 78.9 Å². The number of rotatable bonds is 7. The van der Waals surface area contributed by atoms with E-state index in [0.29, 0.717) is 19.7 Å². The summed E-state index contributed by atoms with van der Waals surface area (Å²) >= 11 is 0. The number of methoxy groups -OCH3 is 1. The maximum absolute atomic E-state index is 11.9. The number of carboxylic acid groups (broad SMARTS) is 1. The fourth-order valence-corrected chi connectivity index (χ4v) is 2.77. The van der Waals surface area contributed by atoms with Crippen molar-refractivity contribution in [3.8, 4) is 0 Å². The Morgan fingerprint density at radius 3 is 2.50 bits per heavy atom. The maximum Gasteiger partial charge on any atom is 0.317 e. The molecule has 1 fully saturated rings. The van der Waals surface area contributed by atoms with Crippen LogP contribution < -0.4 is 5.32 Å². The molecule has 0 bridgehead atoms. The molecule has 1 aliphatic carbocycles. The van der Waals surface area contributed by atoms with Crippen LogP contribution >= 0.6 is 0 Å². The van der Waals surface area contributed by atoms with Crippen LogP contribution in [0.2, 0.25) is 0 Å².